The summed E-state index contributed by atoms with van der Waals surface area (Å²) in [6, 6.07) is 9.13. The number of amides is 1. The van der Waals surface area contributed by atoms with Gasteiger partial charge in [-0.3, -0.25) is 25.2 Å². The minimum absolute atomic E-state index is 0.0318. The maximum absolute atomic E-state index is 12.1. The number of carbonyl (C=O) groups excluding carboxylic acids is 3. The molecule has 0 aliphatic rings. The molecule has 0 aromatic heterocycles. The van der Waals surface area contributed by atoms with Crippen molar-refractivity contribution in [3.8, 4) is 12.3 Å². The Balaban J connectivity index is 2.64. The summed E-state index contributed by atoms with van der Waals surface area (Å²) < 4.78 is 9.40. The van der Waals surface area contributed by atoms with Gasteiger partial charge in [-0.2, -0.15) is 0 Å². The van der Waals surface area contributed by atoms with Gasteiger partial charge in [0.1, 0.15) is 0 Å². The number of para-hydroxylation sites is 1. The van der Waals surface area contributed by atoms with Gasteiger partial charge in [0, 0.05) is 12.8 Å². The highest BCUT2D eigenvalue weighted by atomic mass is 16.5. The van der Waals surface area contributed by atoms with E-state index in [4.69, 9.17) is 15.9 Å². The number of hydrogen-bond acceptors (Lipinski definition) is 6. The van der Waals surface area contributed by atoms with Crippen LogP contribution in [0.15, 0.2) is 42.5 Å². The average Bonchev–Trinajstić information content (AvgIpc) is 2.68. The number of terminal acetylenes is 1. The summed E-state index contributed by atoms with van der Waals surface area (Å²) in [6.45, 7) is 0. The predicted molar refractivity (Wildman–Crippen MR) is 96.5 cm³/mol. The molecule has 0 saturated carbocycles. The maximum atomic E-state index is 12.1. The summed E-state index contributed by atoms with van der Waals surface area (Å²) >= 11 is 0. The van der Waals surface area contributed by atoms with Gasteiger partial charge in [-0.05, 0) is 18.6 Å². The minimum atomic E-state index is -1.62. The number of nitrogens with one attached hydrogen (secondary N) is 2. The Morgan fingerprint density at radius 3 is 2.27 bits per heavy atom. The Morgan fingerprint density at radius 2 is 1.73 bits per heavy atom. The highest BCUT2D eigenvalue weighted by Crippen LogP contribution is 2.30. The third-order valence-corrected chi connectivity index (χ3v) is 3.61. The molecule has 0 heterocycles. The molecule has 1 amide bonds. The van der Waals surface area contributed by atoms with E-state index in [1.165, 1.54) is 20.3 Å². The van der Waals surface area contributed by atoms with Crippen LogP contribution in [0.25, 0.3) is 0 Å². The molecular formula is C19H22N2O5. The first-order chi connectivity index (χ1) is 12.5. The zero-order valence-corrected chi connectivity index (χ0v) is 14.8. The Morgan fingerprint density at radius 1 is 1.12 bits per heavy atom. The Labute approximate surface area is 152 Å². The fraction of sp³-hybridized carbons (Fsp3) is 0.316. The number of hydrogen-bond donors (Lipinski definition) is 2. The number of hydrazine groups is 1. The monoisotopic (exact) mass is 358 g/mol. The molecule has 0 unspecified atom stereocenters. The predicted octanol–water partition coefficient (Wildman–Crippen LogP) is 1.82. The number of allylic oxidation sites excluding steroid dienone is 1. The van der Waals surface area contributed by atoms with Crippen molar-refractivity contribution in [3.05, 3.63) is 42.5 Å². The van der Waals surface area contributed by atoms with Crippen molar-refractivity contribution in [2.75, 3.05) is 19.6 Å². The molecular weight excluding hydrogens is 336 g/mol. The molecule has 0 bridgehead atoms. The molecule has 0 aliphatic heterocycles. The van der Waals surface area contributed by atoms with Gasteiger partial charge in [-0.15, -0.1) is 12.3 Å². The normalized spacial score (nSPS) is 10.7. The standard InChI is InChI=1S/C19H22N2O5/c1-4-13-19(17(23)25-2,18(24)26-3)14-9-8-12-16(22)21-20-15-10-6-5-7-11-15/h1,5-11,20H,12-14H2,2-3H3,(H,21,22)/b9-8+. The first-order valence-corrected chi connectivity index (χ1v) is 7.85. The third-order valence-electron chi connectivity index (χ3n) is 3.61. The maximum Gasteiger partial charge on any atom is 0.324 e. The van der Waals surface area contributed by atoms with Gasteiger partial charge in [-0.1, -0.05) is 30.4 Å². The van der Waals surface area contributed by atoms with E-state index < -0.39 is 17.4 Å². The number of methoxy groups -OCH3 is 2. The fourth-order valence-corrected chi connectivity index (χ4v) is 2.22. The van der Waals surface area contributed by atoms with Gasteiger partial charge in [0.2, 0.25) is 5.91 Å². The second-order valence-electron chi connectivity index (χ2n) is 5.37. The molecule has 1 rings (SSSR count). The Hall–Kier alpha value is -3.27. The largest absolute Gasteiger partial charge is 0.468 e. The number of benzene rings is 1. The van der Waals surface area contributed by atoms with Crippen molar-refractivity contribution in [1.29, 1.82) is 0 Å². The third kappa shape index (κ3) is 5.67. The topological polar surface area (TPSA) is 93.7 Å². The Kier molecular flexibility index (Phi) is 8.44. The summed E-state index contributed by atoms with van der Waals surface area (Å²) in [4.78, 5) is 35.9. The first kappa shape index (κ1) is 20.8. The van der Waals surface area contributed by atoms with Crippen molar-refractivity contribution in [2.45, 2.75) is 19.3 Å². The average molecular weight is 358 g/mol. The fourth-order valence-electron chi connectivity index (χ4n) is 2.22. The van der Waals surface area contributed by atoms with Crippen LogP contribution in [-0.2, 0) is 23.9 Å². The van der Waals surface area contributed by atoms with Crippen molar-refractivity contribution >= 4 is 23.5 Å². The zero-order chi connectivity index (χ0) is 19.4. The number of anilines is 1. The van der Waals surface area contributed by atoms with Crippen molar-refractivity contribution < 1.29 is 23.9 Å². The van der Waals surface area contributed by atoms with E-state index in [1.807, 2.05) is 18.2 Å². The minimum Gasteiger partial charge on any atom is -0.468 e. The van der Waals surface area contributed by atoms with E-state index in [-0.39, 0.29) is 25.2 Å². The number of rotatable bonds is 9. The molecule has 1 aromatic carbocycles. The van der Waals surface area contributed by atoms with Crippen LogP contribution in [0.2, 0.25) is 0 Å². The van der Waals surface area contributed by atoms with E-state index in [0.29, 0.717) is 0 Å². The molecule has 0 saturated heterocycles. The molecule has 0 atom stereocenters. The van der Waals surface area contributed by atoms with Crippen LogP contribution < -0.4 is 10.9 Å². The molecule has 0 spiro atoms. The lowest BCUT2D eigenvalue weighted by Crippen LogP contribution is -2.40. The van der Waals surface area contributed by atoms with Crippen LogP contribution in [0.4, 0.5) is 5.69 Å². The molecule has 138 valence electrons. The second kappa shape index (κ2) is 10.6. The van der Waals surface area contributed by atoms with E-state index >= 15 is 0 Å². The van der Waals surface area contributed by atoms with E-state index in [9.17, 15) is 14.4 Å². The van der Waals surface area contributed by atoms with Crippen LogP contribution in [0.1, 0.15) is 19.3 Å². The summed E-state index contributed by atoms with van der Waals surface area (Å²) in [7, 11) is 2.34. The van der Waals surface area contributed by atoms with Gasteiger partial charge in [-0.25, -0.2) is 0 Å². The zero-order valence-electron chi connectivity index (χ0n) is 14.8. The van der Waals surface area contributed by atoms with Gasteiger partial charge in [0.25, 0.3) is 0 Å². The van der Waals surface area contributed by atoms with Gasteiger partial charge in [0.15, 0.2) is 5.41 Å². The quantitative estimate of drug-likeness (QED) is 0.230. The molecule has 7 nitrogen and oxygen atoms in total. The molecule has 1 aromatic rings. The van der Waals surface area contributed by atoms with E-state index in [0.717, 1.165) is 5.69 Å². The lowest BCUT2D eigenvalue weighted by molar-refractivity contribution is -0.168. The second-order valence-corrected chi connectivity index (χ2v) is 5.37. The van der Waals surface area contributed by atoms with Crippen molar-refractivity contribution in [1.82, 2.24) is 5.43 Å². The summed E-state index contributed by atoms with van der Waals surface area (Å²) in [5.74, 6) is 0.463. The molecule has 7 heteroatoms. The van der Waals surface area contributed by atoms with Crippen LogP contribution in [0, 0.1) is 17.8 Å². The lowest BCUT2D eigenvalue weighted by Gasteiger charge is -2.24. The number of carbonyl (C=O) groups is 3. The highest BCUT2D eigenvalue weighted by molar-refractivity contribution is 6.00. The number of esters is 2. The molecule has 26 heavy (non-hydrogen) atoms. The lowest BCUT2D eigenvalue weighted by atomic mass is 9.81. The number of ether oxygens (including phenoxy) is 2. The molecule has 2 N–H and O–H groups in total. The smallest absolute Gasteiger partial charge is 0.324 e. The molecule has 0 radical (unpaired) electrons. The SMILES string of the molecule is C#CCC(C/C=C/CC(=O)NNc1ccccc1)(C(=O)OC)C(=O)OC. The summed E-state index contributed by atoms with van der Waals surface area (Å²) in [5, 5.41) is 0. The van der Waals surface area contributed by atoms with Gasteiger partial charge >= 0.3 is 11.9 Å². The summed E-state index contributed by atoms with van der Waals surface area (Å²) in [6.07, 6.45) is 8.21. The van der Waals surface area contributed by atoms with Crippen LogP contribution in [0.3, 0.4) is 0 Å². The summed E-state index contributed by atoms with van der Waals surface area (Å²) in [5.41, 5.74) is 4.43. The van der Waals surface area contributed by atoms with Crippen LogP contribution in [0.5, 0.6) is 0 Å². The van der Waals surface area contributed by atoms with E-state index in [2.05, 4.69) is 16.8 Å². The van der Waals surface area contributed by atoms with E-state index in [1.54, 1.807) is 18.2 Å². The van der Waals surface area contributed by atoms with Gasteiger partial charge < -0.3 is 9.47 Å². The Bertz CT molecular complexity index is 676. The first-order valence-electron chi connectivity index (χ1n) is 7.85. The van der Waals surface area contributed by atoms with Crippen molar-refractivity contribution in [2.24, 2.45) is 5.41 Å². The highest BCUT2D eigenvalue weighted by Gasteiger charge is 2.46. The molecule has 0 aliphatic carbocycles. The van der Waals surface area contributed by atoms with Gasteiger partial charge in [0.05, 0.1) is 19.9 Å². The van der Waals surface area contributed by atoms with Crippen LogP contribution in [-0.4, -0.2) is 32.1 Å². The molecule has 0 fully saturated rings. The van der Waals surface area contributed by atoms with Crippen LogP contribution >= 0.6 is 0 Å². The van der Waals surface area contributed by atoms with Crippen molar-refractivity contribution in [3.63, 3.8) is 0 Å².